The van der Waals surface area contributed by atoms with Gasteiger partial charge in [-0.25, -0.2) is 4.68 Å². The van der Waals surface area contributed by atoms with Crippen molar-refractivity contribution in [2.24, 2.45) is 0 Å². The van der Waals surface area contributed by atoms with Gasteiger partial charge in [0.2, 0.25) is 0 Å². The number of nitriles is 1. The van der Waals surface area contributed by atoms with Crippen molar-refractivity contribution < 1.29 is 0 Å². The molecule has 2 aromatic rings. The standard InChI is InChI=1S/C13H15N5/c1-9(2)16-13-11(8-14)12(15)18(17-13)10-6-4-3-5-7-10/h3-7,9H,15H2,1-2H3,(H,16,17). The largest absolute Gasteiger partial charge is 0.382 e. The average Bonchev–Trinajstić information content (AvgIpc) is 2.66. The molecule has 0 radical (unpaired) electrons. The third-order valence-electron chi connectivity index (χ3n) is 2.46. The molecule has 0 unspecified atom stereocenters. The molecule has 0 bridgehead atoms. The van der Waals surface area contributed by atoms with Crippen LogP contribution in [0.2, 0.25) is 0 Å². The first-order valence-corrected chi connectivity index (χ1v) is 5.74. The van der Waals surface area contributed by atoms with E-state index in [1.165, 1.54) is 0 Å². The van der Waals surface area contributed by atoms with Gasteiger partial charge in [0.05, 0.1) is 5.69 Å². The fourth-order valence-electron chi connectivity index (χ4n) is 1.68. The zero-order chi connectivity index (χ0) is 13.1. The highest BCUT2D eigenvalue weighted by atomic mass is 15.3. The summed E-state index contributed by atoms with van der Waals surface area (Å²) in [4.78, 5) is 0. The number of nitrogens with zero attached hydrogens (tertiary/aromatic N) is 3. The van der Waals surface area contributed by atoms with Gasteiger partial charge in [-0.15, -0.1) is 5.10 Å². The summed E-state index contributed by atoms with van der Waals surface area (Å²) in [6.07, 6.45) is 0. The third-order valence-corrected chi connectivity index (χ3v) is 2.46. The molecule has 0 aliphatic rings. The molecule has 92 valence electrons. The molecule has 0 saturated carbocycles. The lowest BCUT2D eigenvalue weighted by atomic mass is 10.3. The third kappa shape index (κ3) is 2.13. The van der Waals surface area contributed by atoms with Gasteiger partial charge >= 0.3 is 0 Å². The number of hydrogen-bond donors (Lipinski definition) is 2. The van der Waals surface area contributed by atoms with E-state index >= 15 is 0 Å². The van der Waals surface area contributed by atoms with Crippen molar-refractivity contribution in [3.63, 3.8) is 0 Å². The van der Waals surface area contributed by atoms with Crippen molar-refractivity contribution in [2.75, 3.05) is 11.1 Å². The van der Waals surface area contributed by atoms with Gasteiger partial charge in [-0.1, -0.05) is 18.2 Å². The van der Waals surface area contributed by atoms with Crippen molar-refractivity contribution in [2.45, 2.75) is 19.9 Å². The van der Waals surface area contributed by atoms with Crippen LogP contribution in [0.3, 0.4) is 0 Å². The van der Waals surface area contributed by atoms with E-state index in [0.717, 1.165) is 5.69 Å². The van der Waals surface area contributed by atoms with Gasteiger partial charge in [-0.2, -0.15) is 5.26 Å². The van der Waals surface area contributed by atoms with Crippen LogP contribution in [0.25, 0.3) is 5.69 Å². The number of benzene rings is 1. The van der Waals surface area contributed by atoms with Gasteiger partial charge in [-0.3, -0.25) is 0 Å². The lowest BCUT2D eigenvalue weighted by Crippen LogP contribution is -2.11. The first-order chi connectivity index (χ1) is 8.63. The Balaban J connectivity index is 2.51. The van der Waals surface area contributed by atoms with Crippen molar-refractivity contribution >= 4 is 11.6 Å². The van der Waals surface area contributed by atoms with Crippen molar-refractivity contribution in [3.05, 3.63) is 35.9 Å². The van der Waals surface area contributed by atoms with E-state index in [-0.39, 0.29) is 6.04 Å². The monoisotopic (exact) mass is 241 g/mol. The summed E-state index contributed by atoms with van der Waals surface area (Å²) in [6, 6.07) is 11.8. The van der Waals surface area contributed by atoms with E-state index in [9.17, 15) is 0 Å². The Morgan fingerprint density at radius 3 is 2.56 bits per heavy atom. The summed E-state index contributed by atoms with van der Waals surface area (Å²) in [5.41, 5.74) is 7.18. The molecule has 1 aromatic heterocycles. The molecular formula is C13H15N5. The topological polar surface area (TPSA) is 79.7 Å². The smallest absolute Gasteiger partial charge is 0.168 e. The van der Waals surface area contributed by atoms with Crippen LogP contribution in [-0.4, -0.2) is 15.8 Å². The lowest BCUT2D eigenvalue weighted by Gasteiger charge is -2.05. The maximum Gasteiger partial charge on any atom is 0.168 e. The quantitative estimate of drug-likeness (QED) is 0.862. The number of rotatable bonds is 3. The van der Waals surface area contributed by atoms with E-state index in [1.54, 1.807) is 4.68 Å². The molecule has 5 nitrogen and oxygen atoms in total. The Kier molecular flexibility index (Phi) is 3.20. The molecule has 0 saturated heterocycles. The Hall–Kier alpha value is -2.48. The second-order valence-electron chi connectivity index (χ2n) is 4.27. The van der Waals surface area contributed by atoms with Gasteiger partial charge in [0.15, 0.2) is 5.82 Å². The van der Waals surface area contributed by atoms with E-state index in [1.807, 2.05) is 44.2 Å². The van der Waals surface area contributed by atoms with Gasteiger partial charge in [0, 0.05) is 6.04 Å². The molecular weight excluding hydrogens is 226 g/mol. The Labute approximate surface area is 106 Å². The first kappa shape index (κ1) is 12.0. The Morgan fingerprint density at radius 1 is 1.33 bits per heavy atom. The maximum absolute atomic E-state index is 9.15. The minimum atomic E-state index is 0.190. The van der Waals surface area contributed by atoms with Crippen LogP contribution in [0.1, 0.15) is 19.4 Å². The minimum Gasteiger partial charge on any atom is -0.382 e. The Morgan fingerprint density at radius 2 is 2.00 bits per heavy atom. The van der Waals surface area contributed by atoms with Gasteiger partial charge < -0.3 is 11.1 Å². The molecule has 3 N–H and O–H groups in total. The molecule has 1 aromatic carbocycles. The van der Waals surface area contributed by atoms with Crippen molar-refractivity contribution in [1.82, 2.24) is 9.78 Å². The number of anilines is 2. The highest BCUT2D eigenvalue weighted by Gasteiger charge is 2.16. The summed E-state index contributed by atoms with van der Waals surface area (Å²) >= 11 is 0. The van der Waals surface area contributed by atoms with Gasteiger partial charge in [0.25, 0.3) is 0 Å². The molecule has 5 heteroatoms. The molecule has 18 heavy (non-hydrogen) atoms. The second-order valence-corrected chi connectivity index (χ2v) is 4.27. The minimum absolute atomic E-state index is 0.190. The van der Waals surface area contributed by atoms with Crippen LogP contribution in [0.5, 0.6) is 0 Å². The molecule has 0 aliphatic heterocycles. The SMILES string of the molecule is CC(C)Nc1nn(-c2ccccc2)c(N)c1C#N. The van der Waals surface area contributed by atoms with Crippen molar-refractivity contribution in [1.29, 1.82) is 5.26 Å². The number of nitrogen functional groups attached to an aromatic ring is 1. The van der Waals surface area contributed by atoms with Crippen LogP contribution in [0.4, 0.5) is 11.6 Å². The second kappa shape index (κ2) is 4.80. The number of nitrogens with two attached hydrogens (primary N) is 1. The van der Waals surface area contributed by atoms with Gasteiger partial charge in [0.1, 0.15) is 17.5 Å². The van der Waals surface area contributed by atoms with Crippen LogP contribution in [0.15, 0.2) is 30.3 Å². The molecule has 0 amide bonds. The Bertz CT molecular complexity index is 577. The summed E-state index contributed by atoms with van der Waals surface area (Å²) in [5.74, 6) is 0.876. The van der Waals surface area contributed by atoms with Gasteiger partial charge in [-0.05, 0) is 26.0 Å². The molecule has 0 fully saturated rings. The first-order valence-electron chi connectivity index (χ1n) is 5.74. The zero-order valence-corrected chi connectivity index (χ0v) is 10.4. The number of nitrogens with one attached hydrogen (secondary N) is 1. The summed E-state index contributed by atoms with van der Waals surface area (Å²) < 4.78 is 1.57. The van der Waals surface area contributed by atoms with E-state index < -0.39 is 0 Å². The summed E-state index contributed by atoms with van der Waals surface area (Å²) in [5, 5.41) is 16.6. The lowest BCUT2D eigenvalue weighted by molar-refractivity contribution is 0.850. The molecule has 0 spiro atoms. The summed E-state index contributed by atoms with van der Waals surface area (Å²) in [6.45, 7) is 3.97. The summed E-state index contributed by atoms with van der Waals surface area (Å²) in [7, 11) is 0. The molecule has 0 aliphatic carbocycles. The fraction of sp³-hybridized carbons (Fsp3) is 0.231. The number of hydrogen-bond acceptors (Lipinski definition) is 4. The van der Waals surface area contributed by atoms with E-state index in [2.05, 4.69) is 16.5 Å². The maximum atomic E-state index is 9.15. The van der Waals surface area contributed by atoms with Crippen LogP contribution in [0, 0.1) is 11.3 Å². The van der Waals surface area contributed by atoms with Crippen LogP contribution < -0.4 is 11.1 Å². The van der Waals surface area contributed by atoms with Crippen LogP contribution >= 0.6 is 0 Å². The fourth-order valence-corrected chi connectivity index (χ4v) is 1.68. The highest BCUT2D eigenvalue weighted by Crippen LogP contribution is 2.24. The van der Waals surface area contributed by atoms with Crippen LogP contribution in [-0.2, 0) is 0 Å². The predicted octanol–water partition coefficient (Wildman–Crippen LogP) is 2.15. The number of para-hydroxylation sites is 1. The molecule has 1 heterocycles. The number of aromatic nitrogens is 2. The normalized spacial score (nSPS) is 10.3. The van der Waals surface area contributed by atoms with Crippen molar-refractivity contribution in [3.8, 4) is 11.8 Å². The predicted molar refractivity (Wildman–Crippen MR) is 71.5 cm³/mol. The zero-order valence-electron chi connectivity index (χ0n) is 10.4. The van der Waals surface area contributed by atoms with E-state index in [0.29, 0.717) is 17.2 Å². The molecule has 0 atom stereocenters. The average molecular weight is 241 g/mol. The highest BCUT2D eigenvalue weighted by molar-refractivity contribution is 5.66. The van der Waals surface area contributed by atoms with E-state index in [4.69, 9.17) is 11.0 Å². The molecule has 2 rings (SSSR count).